The van der Waals surface area contributed by atoms with Gasteiger partial charge in [0.1, 0.15) is 0 Å². The van der Waals surface area contributed by atoms with Gasteiger partial charge in [0.15, 0.2) is 11.5 Å². The second-order valence-electron chi connectivity index (χ2n) is 4.63. The molecule has 1 aromatic heterocycles. The Kier molecular flexibility index (Phi) is 5.65. The highest BCUT2D eigenvalue weighted by Gasteiger charge is 2.06. The highest BCUT2D eigenvalue weighted by Crippen LogP contribution is 2.27. The molecule has 0 saturated heterocycles. The topological polar surface area (TPSA) is 88.3 Å². The van der Waals surface area contributed by atoms with Crippen molar-refractivity contribution >= 4 is 6.03 Å². The second kappa shape index (κ2) is 7.92. The molecule has 1 aromatic carbocycles. The zero-order chi connectivity index (χ0) is 15.8. The number of hydrogen-bond donors (Lipinski definition) is 3. The minimum Gasteiger partial charge on any atom is -0.493 e. The first kappa shape index (κ1) is 15.7. The van der Waals surface area contributed by atoms with Crippen LogP contribution in [0.1, 0.15) is 11.3 Å². The first-order chi connectivity index (χ1) is 10.7. The molecule has 2 rings (SSSR count). The van der Waals surface area contributed by atoms with Crippen molar-refractivity contribution in [2.75, 3.05) is 20.8 Å². The lowest BCUT2D eigenvalue weighted by Crippen LogP contribution is -2.36. The zero-order valence-electron chi connectivity index (χ0n) is 12.7. The Labute approximate surface area is 129 Å². The third kappa shape index (κ3) is 4.41. The smallest absolute Gasteiger partial charge is 0.315 e. The van der Waals surface area contributed by atoms with Crippen molar-refractivity contribution in [1.29, 1.82) is 0 Å². The highest BCUT2D eigenvalue weighted by molar-refractivity contribution is 5.73. The van der Waals surface area contributed by atoms with Gasteiger partial charge in [0.05, 0.1) is 20.5 Å². The number of rotatable bonds is 7. The number of aromatic nitrogens is 2. The SMILES string of the molecule is COc1ccc(CNC(=O)NCCc2cnc[nH]2)cc1OC. The fraction of sp³-hybridized carbons (Fsp3) is 0.333. The Morgan fingerprint density at radius 2 is 2.05 bits per heavy atom. The van der Waals surface area contributed by atoms with Crippen LogP contribution in [0.2, 0.25) is 0 Å². The highest BCUT2D eigenvalue weighted by atomic mass is 16.5. The number of carbonyl (C=O) groups is 1. The van der Waals surface area contributed by atoms with E-state index in [-0.39, 0.29) is 6.03 Å². The molecular formula is C15H20N4O3. The van der Waals surface area contributed by atoms with Crippen LogP contribution in [0.4, 0.5) is 4.79 Å². The number of amides is 2. The maximum Gasteiger partial charge on any atom is 0.315 e. The number of hydrogen-bond acceptors (Lipinski definition) is 4. The number of nitrogens with zero attached hydrogens (tertiary/aromatic N) is 1. The van der Waals surface area contributed by atoms with E-state index < -0.39 is 0 Å². The summed E-state index contributed by atoms with van der Waals surface area (Å²) in [4.78, 5) is 18.6. The van der Waals surface area contributed by atoms with Crippen LogP contribution >= 0.6 is 0 Å². The van der Waals surface area contributed by atoms with E-state index in [1.54, 1.807) is 26.7 Å². The van der Waals surface area contributed by atoms with E-state index in [1.807, 2.05) is 18.2 Å². The molecule has 0 spiro atoms. The molecule has 0 bridgehead atoms. The summed E-state index contributed by atoms with van der Waals surface area (Å²) in [7, 11) is 3.17. The van der Waals surface area contributed by atoms with Crippen molar-refractivity contribution in [3.63, 3.8) is 0 Å². The predicted molar refractivity (Wildman–Crippen MR) is 82.1 cm³/mol. The van der Waals surface area contributed by atoms with Crippen LogP contribution in [0.3, 0.4) is 0 Å². The number of aromatic amines is 1. The summed E-state index contributed by atoms with van der Waals surface area (Å²) in [6.07, 6.45) is 4.07. The van der Waals surface area contributed by atoms with Gasteiger partial charge in [0.25, 0.3) is 0 Å². The van der Waals surface area contributed by atoms with Gasteiger partial charge < -0.3 is 25.1 Å². The van der Waals surface area contributed by atoms with Gasteiger partial charge in [-0.25, -0.2) is 9.78 Å². The molecule has 0 radical (unpaired) electrons. The summed E-state index contributed by atoms with van der Waals surface area (Å²) in [5.41, 5.74) is 1.92. The van der Waals surface area contributed by atoms with Crippen LogP contribution < -0.4 is 20.1 Å². The molecule has 0 fully saturated rings. The fourth-order valence-corrected chi connectivity index (χ4v) is 1.97. The molecule has 0 aliphatic heterocycles. The standard InChI is InChI=1S/C15H20N4O3/c1-21-13-4-3-11(7-14(13)22-2)8-18-15(20)17-6-5-12-9-16-10-19-12/h3-4,7,9-10H,5-6,8H2,1-2H3,(H,16,19)(H2,17,18,20). The molecule has 22 heavy (non-hydrogen) atoms. The first-order valence-corrected chi connectivity index (χ1v) is 6.92. The Balaban J connectivity index is 1.76. The van der Waals surface area contributed by atoms with E-state index in [2.05, 4.69) is 20.6 Å². The molecule has 0 atom stereocenters. The summed E-state index contributed by atoms with van der Waals surface area (Å²) < 4.78 is 10.4. The number of benzene rings is 1. The predicted octanol–water partition coefficient (Wildman–Crippen LogP) is 1.47. The summed E-state index contributed by atoms with van der Waals surface area (Å²) >= 11 is 0. The van der Waals surface area contributed by atoms with Gasteiger partial charge >= 0.3 is 6.03 Å². The molecule has 0 unspecified atom stereocenters. The van der Waals surface area contributed by atoms with Gasteiger partial charge in [-0.2, -0.15) is 0 Å². The van der Waals surface area contributed by atoms with Crippen LogP contribution in [0, 0.1) is 0 Å². The Hall–Kier alpha value is -2.70. The minimum absolute atomic E-state index is 0.214. The molecule has 3 N–H and O–H groups in total. The maximum absolute atomic E-state index is 11.7. The van der Waals surface area contributed by atoms with E-state index in [1.165, 1.54) is 0 Å². The molecule has 7 heteroatoms. The van der Waals surface area contributed by atoms with Crippen LogP contribution in [0.25, 0.3) is 0 Å². The fourth-order valence-electron chi connectivity index (χ4n) is 1.97. The largest absolute Gasteiger partial charge is 0.493 e. The lowest BCUT2D eigenvalue weighted by atomic mass is 10.2. The number of H-pyrrole nitrogens is 1. The first-order valence-electron chi connectivity index (χ1n) is 6.92. The average molecular weight is 304 g/mol. The van der Waals surface area contributed by atoms with Gasteiger partial charge in [-0.1, -0.05) is 6.07 Å². The van der Waals surface area contributed by atoms with E-state index in [0.717, 1.165) is 11.3 Å². The summed E-state index contributed by atoms with van der Waals surface area (Å²) in [6.45, 7) is 0.955. The van der Waals surface area contributed by atoms with Gasteiger partial charge in [-0.15, -0.1) is 0 Å². The maximum atomic E-state index is 11.7. The van der Waals surface area contributed by atoms with E-state index in [9.17, 15) is 4.79 Å². The third-order valence-electron chi connectivity index (χ3n) is 3.14. The lowest BCUT2D eigenvalue weighted by molar-refractivity contribution is 0.240. The molecule has 2 amide bonds. The quantitative estimate of drug-likeness (QED) is 0.723. The van der Waals surface area contributed by atoms with Crippen molar-refractivity contribution in [2.24, 2.45) is 0 Å². The number of carbonyl (C=O) groups excluding carboxylic acids is 1. The average Bonchev–Trinajstić information content (AvgIpc) is 3.06. The van der Waals surface area contributed by atoms with Crippen molar-refractivity contribution in [3.8, 4) is 11.5 Å². The molecule has 0 aliphatic carbocycles. The summed E-state index contributed by atoms with van der Waals surface area (Å²) in [6, 6.07) is 5.32. The van der Waals surface area contributed by atoms with E-state index >= 15 is 0 Å². The molecule has 1 heterocycles. The number of urea groups is 1. The van der Waals surface area contributed by atoms with Gasteiger partial charge in [-0.05, 0) is 17.7 Å². The summed E-state index contributed by atoms with van der Waals surface area (Å²) in [5, 5.41) is 5.58. The Bertz CT molecular complexity index is 599. The molecule has 0 aliphatic rings. The number of ether oxygens (including phenoxy) is 2. The van der Waals surface area contributed by atoms with E-state index in [4.69, 9.17) is 9.47 Å². The van der Waals surface area contributed by atoms with Crippen molar-refractivity contribution < 1.29 is 14.3 Å². The van der Waals surface area contributed by atoms with Gasteiger partial charge in [0, 0.05) is 31.4 Å². The lowest BCUT2D eigenvalue weighted by Gasteiger charge is -2.11. The zero-order valence-corrected chi connectivity index (χ0v) is 12.7. The van der Waals surface area contributed by atoms with Crippen molar-refractivity contribution in [3.05, 3.63) is 42.0 Å². The van der Waals surface area contributed by atoms with Gasteiger partial charge in [0.2, 0.25) is 0 Å². The van der Waals surface area contributed by atoms with Crippen LogP contribution in [-0.4, -0.2) is 36.8 Å². The third-order valence-corrected chi connectivity index (χ3v) is 3.14. The number of nitrogens with one attached hydrogen (secondary N) is 3. The van der Waals surface area contributed by atoms with E-state index in [0.29, 0.717) is 31.0 Å². The monoisotopic (exact) mass is 304 g/mol. The Morgan fingerprint density at radius 1 is 1.23 bits per heavy atom. The molecular weight excluding hydrogens is 284 g/mol. The molecule has 2 aromatic rings. The molecule has 7 nitrogen and oxygen atoms in total. The van der Waals surface area contributed by atoms with Crippen LogP contribution in [-0.2, 0) is 13.0 Å². The van der Waals surface area contributed by atoms with Crippen molar-refractivity contribution in [1.82, 2.24) is 20.6 Å². The molecule has 0 saturated carbocycles. The minimum atomic E-state index is -0.214. The van der Waals surface area contributed by atoms with Gasteiger partial charge in [-0.3, -0.25) is 0 Å². The second-order valence-corrected chi connectivity index (χ2v) is 4.63. The van der Waals surface area contributed by atoms with Crippen molar-refractivity contribution in [2.45, 2.75) is 13.0 Å². The summed E-state index contributed by atoms with van der Waals surface area (Å²) in [5.74, 6) is 1.30. The number of imidazole rings is 1. The normalized spacial score (nSPS) is 10.1. The van der Waals surface area contributed by atoms with Crippen LogP contribution in [0.15, 0.2) is 30.7 Å². The number of methoxy groups -OCH3 is 2. The Morgan fingerprint density at radius 3 is 2.73 bits per heavy atom. The van der Waals surface area contributed by atoms with Crippen LogP contribution in [0.5, 0.6) is 11.5 Å². The molecule has 118 valence electrons.